The summed E-state index contributed by atoms with van der Waals surface area (Å²) in [4.78, 5) is 11.3. The fourth-order valence-corrected chi connectivity index (χ4v) is 2.23. The Hall–Kier alpha value is -0.690. The number of carbonyl (C=O) groups is 1. The van der Waals surface area contributed by atoms with Crippen LogP contribution < -0.4 is 0 Å². The highest BCUT2D eigenvalue weighted by Gasteiger charge is 2.47. The predicted molar refractivity (Wildman–Crippen MR) is 60.8 cm³/mol. The summed E-state index contributed by atoms with van der Waals surface area (Å²) in [5.41, 5.74) is 0. The standard InChI is InChI=1S/C12H20O6/c1-3-15-10(14)4-5-12(2)17-7-9-11(18-12)8(13)6-16-9/h8-9,11,13H,3-7H2,1-2H3/t8-,9+,11+,12-/m0/s1. The van der Waals surface area contributed by atoms with Gasteiger partial charge in [0.25, 0.3) is 0 Å². The first-order valence-electron chi connectivity index (χ1n) is 6.31. The molecular weight excluding hydrogens is 240 g/mol. The summed E-state index contributed by atoms with van der Waals surface area (Å²) in [6.07, 6.45) is -0.567. The molecule has 0 aromatic heterocycles. The first-order chi connectivity index (χ1) is 8.54. The Balaban J connectivity index is 1.86. The zero-order valence-corrected chi connectivity index (χ0v) is 10.8. The summed E-state index contributed by atoms with van der Waals surface area (Å²) in [5.74, 6) is -1.13. The van der Waals surface area contributed by atoms with Crippen molar-refractivity contribution in [3.05, 3.63) is 0 Å². The number of ether oxygens (including phenoxy) is 4. The van der Waals surface area contributed by atoms with Crippen molar-refractivity contribution >= 4 is 5.97 Å². The molecule has 4 atom stereocenters. The van der Waals surface area contributed by atoms with Crippen molar-refractivity contribution in [3.8, 4) is 0 Å². The van der Waals surface area contributed by atoms with Crippen molar-refractivity contribution in [2.24, 2.45) is 0 Å². The molecular formula is C12H20O6. The van der Waals surface area contributed by atoms with E-state index in [1.807, 2.05) is 0 Å². The van der Waals surface area contributed by atoms with Gasteiger partial charge < -0.3 is 24.1 Å². The number of fused-ring (bicyclic) bond motifs is 1. The van der Waals surface area contributed by atoms with Crippen LogP contribution in [0.1, 0.15) is 26.7 Å². The lowest BCUT2D eigenvalue weighted by atomic mass is 10.1. The quantitative estimate of drug-likeness (QED) is 0.729. The molecule has 2 saturated heterocycles. The van der Waals surface area contributed by atoms with E-state index in [0.717, 1.165) is 0 Å². The van der Waals surface area contributed by atoms with Gasteiger partial charge in [0.2, 0.25) is 0 Å². The third-order valence-corrected chi connectivity index (χ3v) is 3.25. The fourth-order valence-electron chi connectivity index (χ4n) is 2.23. The summed E-state index contributed by atoms with van der Waals surface area (Å²) < 4.78 is 21.5. The molecule has 2 aliphatic rings. The van der Waals surface area contributed by atoms with Gasteiger partial charge in [0, 0.05) is 6.42 Å². The van der Waals surface area contributed by atoms with Gasteiger partial charge in [0.15, 0.2) is 5.79 Å². The van der Waals surface area contributed by atoms with Crippen molar-refractivity contribution in [2.45, 2.75) is 50.8 Å². The third kappa shape index (κ3) is 3.00. The second kappa shape index (κ2) is 5.52. The highest BCUT2D eigenvalue weighted by atomic mass is 16.7. The number of esters is 1. The van der Waals surface area contributed by atoms with Gasteiger partial charge in [-0.2, -0.15) is 0 Å². The molecule has 0 amide bonds. The van der Waals surface area contributed by atoms with Crippen molar-refractivity contribution in [1.82, 2.24) is 0 Å². The summed E-state index contributed by atoms with van der Waals surface area (Å²) >= 11 is 0. The molecule has 0 aromatic rings. The largest absolute Gasteiger partial charge is 0.466 e. The summed E-state index contributed by atoms with van der Waals surface area (Å²) in [6.45, 7) is 4.56. The van der Waals surface area contributed by atoms with E-state index in [1.54, 1.807) is 13.8 Å². The number of rotatable bonds is 4. The maximum Gasteiger partial charge on any atom is 0.305 e. The molecule has 0 bridgehead atoms. The molecule has 1 N–H and O–H groups in total. The first kappa shape index (κ1) is 13.7. The molecule has 0 aliphatic carbocycles. The number of aliphatic hydroxyl groups excluding tert-OH is 1. The summed E-state index contributed by atoms with van der Waals surface area (Å²) in [6, 6.07) is 0. The zero-order chi connectivity index (χ0) is 13.2. The number of hydrogen-bond acceptors (Lipinski definition) is 6. The van der Waals surface area contributed by atoms with Crippen LogP contribution in [0.3, 0.4) is 0 Å². The topological polar surface area (TPSA) is 74.2 Å². The van der Waals surface area contributed by atoms with Gasteiger partial charge in [-0.05, 0) is 13.8 Å². The Labute approximate surface area is 106 Å². The van der Waals surface area contributed by atoms with Gasteiger partial charge in [0.05, 0.1) is 26.2 Å². The molecule has 6 nitrogen and oxygen atoms in total. The van der Waals surface area contributed by atoms with Gasteiger partial charge in [-0.1, -0.05) is 0 Å². The lowest BCUT2D eigenvalue weighted by Gasteiger charge is -2.40. The molecule has 6 heteroatoms. The predicted octanol–water partition coefficient (Wildman–Crippen LogP) is 0.221. The molecule has 2 fully saturated rings. The van der Waals surface area contributed by atoms with E-state index < -0.39 is 11.9 Å². The molecule has 2 aliphatic heterocycles. The van der Waals surface area contributed by atoms with E-state index >= 15 is 0 Å². The Morgan fingerprint density at radius 3 is 3.00 bits per heavy atom. The monoisotopic (exact) mass is 260 g/mol. The number of aliphatic hydroxyl groups is 1. The summed E-state index contributed by atoms with van der Waals surface area (Å²) in [5, 5.41) is 9.72. The van der Waals surface area contributed by atoms with Gasteiger partial charge in [-0.15, -0.1) is 0 Å². The molecule has 0 radical (unpaired) electrons. The minimum atomic E-state index is -0.859. The maximum absolute atomic E-state index is 11.3. The molecule has 104 valence electrons. The Bertz CT molecular complexity index is 307. The second-order valence-corrected chi connectivity index (χ2v) is 4.77. The van der Waals surface area contributed by atoms with Crippen LogP contribution in [0.2, 0.25) is 0 Å². The van der Waals surface area contributed by atoms with Crippen molar-refractivity contribution < 1.29 is 28.8 Å². The molecule has 2 rings (SSSR count). The lowest BCUT2D eigenvalue weighted by molar-refractivity contribution is -0.311. The Morgan fingerprint density at radius 2 is 2.28 bits per heavy atom. The average molecular weight is 260 g/mol. The minimum Gasteiger partial charge on any atom is -0.466 e. The van der Waals surface area contributed by atoms with E-state index in [9.17, 15) is 9.90 Å². The zero-order valence-electron chi connectivity index (χ0n) is 10.8. The fraction of sp³-hybridized carbons (Fsp3) is 0.917. The number of hydrogen-bond donors (Lipinski definition) is 1. The van der Waals surface area contributed by atoms with Gasteiger partial charge >= 0.3 is 5.97 Å². The molecule has 18 heavy (non-hydrogen) atoms. The van der Waals surface area contributed by atoms with Crippen LogP contribution in [0.15, 0.2) is 0 Å². The van der Waals surface area contributed by atoms with Crippen LogP contribution in [0.25, 0.3) is 0 Å². The Kier molecular flexibility index (Phi) is 4.21. The van der Waals surface area contributed by atoms with Crippen LogP contribution in [0.4, 0.5) is 0 Å². The van der Waals surface area contributed by atoms with E-state index in [1.165, 1.54) is 0 Å². The van der Waals surface area contributed by atoms with E-state index in [4.69, 9.17) is 18.9 Å². The average Bonchev–Trinajstić information content (AvgIpc) is 2.69. The van der Waals surface area contributed by atoms with Crippen LogP contribution in [0, 0.1) is 0 Å². The van der Waals surface area contributed by atoms with Crippen molar-refractivity contribution in [1.29, 1.82) is 0 Å². The van der Waals surface area contributed by atoms with Crippen LogP contribution in [-0.2, 0) is 23.7 Å². The van der Waals surface area contributed by atoms with Gasteiger partial charge in [-0.3, -0.25) is 4.79 Å². The summed E-state index contributed by atoms with van der Waals surface area (Å²) in [7, 11) is 0. The molecule has 0 aromatic carbocycles. The van der Waals surface area contributed by atoms with Crippen LogP contribution in [-0.4, -0.2) is 55.0 Å². The third-order valence-electron chi connectivity index (χ3n) is 3.25. The molecule has 0 spiro atoms. The molecule has 0 saturated carbocycles. The first-order valence-corrected chi connectivity index (χ1v) is 6.31. The molecule has 2 heterocycles. The smallest absolute Gasteiger partial charge is 0.305 e. The minimum absolute atomic E-state index is 0.212. The van der Waals surface area contributed by atoms with E-state index in [0.29, 0.717) is 19.6 Å². The van der Waals surface area contributed by atoms with Crippen molar-refractivity contribution in [3.63, 3.8) is 0 Å². The van der Waals surface area contributed by atoms with Crippen molar-refractivity contribution in [2.75, 3.05) is 19.8 Å². The maximum atomic E-state index is 11.3. The van der Waals surface area contributed by atoms with Gasteiger partial charge in [0.1, 0.15) is 18.3 Å². The Morgan fingerprint density at radius 1 is 1.50 bits per heavy atom. The van der Waals surface area contributed by atoms with Gasteiger partial charge in [-0.25, -0.2) is 0 Å². The van der Waals surface area contributed by atoms with E-state index in [-0.39, 0.29) is 31.2 Å². The SMILES string of the molecule is CCOC(=O)CC[C@@]1(C)OC[C@H]2OC[C@H](O)[C@H]2O1. The second-order valence-electron chi connectivity index (χ2n) is 4.77. The van der Waals surface area contributed by atoms with Crippen LogP contribution in [0.5, 0.6) is 0 Å². The molecule has 0 unspecified atom stereocenters. The number of carbonyl (C=O) groups excluding carboxylic acids is 1. The highest BCUT2D eigenvalue weighted by molar-refractivity contribution is 5.69. The highest BCUT2D eigenvalue weighted by Crippen LogP contribution is 2.33. The van der Waals surface area contributed by atoms with Crippen LogP contribution >= 0.6 is 0 Å². The normalized spacial score (nSPS) is 39.4. The lowest BCUT2D eigenvalue weighted by Crippen LogP contribution is -2.51. The van der Waals surface area contributed by atoms with E-state index in [2.05, 4.69) is 0 Å².